The second kappa shape index (κ2) is 9.21. The number of rotatable bonds is 7. The van der Waals surface area contributed by atoms with Crippen LogP contribution in [0.3, 0.4) is 0 Å². The molecule has 1 N–H and O–H groups in total. The lowest BCUT2D eigenvalue weighted by atomic mass is 10.0. The minimum Gasteiger partial charge on any atom is -0.493 e. The average molecular weight is 366 g/mol. The fraction of sp³-hybridized carbons (Fsp3) is 0.364. The van der Waals surface area contributed by atoms with E-state index in [4.69, 9.17) is 4.74 Å². The van der Waals surface area contributed by atoms with Crippen molar-refractivity contribution in [3.05, 3.63) is 65.7 Å². The molecule has 142 valence electrons. The molecule has 1 unspecified atom stereocenters. The van der Waals surface area contributed by atoms with E-state index in [1.807, 2.05) is 36.1 Å². The van der Waals surface area contributed by atoms with Crippen LogP contribution in [0.25, 0.3) is 0 Å². The van der Waals surface area contributed by atoms with E-state index >= 15 is 0 Å². The molecule has 5 nitrogen and oxygen atoms in total. The van der Waals surface area contributed by atoms with Gasteiger partial charge in [-0.3, -0.25) is 9.59 Å². The fourth-order valence-corrected chi connectivity index (χ4v) is 3.55. The predicted octanol–water partition coefficient (Wildman–Crippen LogP) is 3.05. The van der Waals surface area contributed by atoms with Gasteiger partial charge in [0.25, 0.3) is 5.91 Å². The van der Waals surface area contributed by atoms with Crippen LogP contribution >= 0.6 is 0 Å². The lowest BCUT2D eigenvalue weighted by Gasteiger charge is -2.25. The van der Waals surface area contributed by atoms with E-state index in [2.05, 4.69) is 17.4 Å². The minimum absolute atomic E-state index is 0.00455. The van der Waals surface area contributed by atoms with Gasteiger partial charge >= 0.3 is 0 Å². The van der Waals surface area contributed by atoms with E-state index < -0.39 is 0 Å². The number of benzene rings is 2. The Bertz CT molecular complexity index is 776. The zero-order valence-corrected chi connectivity index (χ0v) is 15.7. The normalized spacial score (nSPS) is 16.2. The Balaban J connectivity index is 1.57. The lowest BCUT2D eigenvalue weighted by Crippen LogP contribution is -2.43. The molecule has 2 amide bonds. The molecule has 5 heteroatoms. The zero-order chi connectivity index (χ0) is 19.1. The van der Waals surface area contributed by atoms with Crippen molar-refractivity contribution >= 4 is 11.8 Å². The van der Waals surface area contributed by atoms with Crippen molar-refractivity contribution in [1.82, 2.24) is 10.2 Å². The first-order chi connectivity index (χ1) is 13.2. The Morgan fingerprint density at radius 1 is 1.11 bits per heavy atom. The van der Waals surface area contributed by atoms with E-state index in [-0.39, 0.29) is 24.4 Å². The van der Waals surface area contributed by atoms with Crippen LogP contribution in [0, 0.1) is 0 Å². The maximum Gasteiger partial charge on any atom is 0.255 e. The van der Waals surface area contributed by atoms with Crippen molar-refractivity contribution in [3.63, 3.8) is 0 Å². The van der Waals surface area contributed by atoms with Gasteiger partial charge in [0.15, 0.2) is 0 Å². The van der Waals surface area contributed by atoms with Crippen LogP contribution in [0.2, 0.25) is 0 Å². The number of nitrogens with zero attached hydrogens (tertiary/aromatic N) is 1. The molecule has 3 rings (SSSR count). The highest BCUT2D eigenvalue weighted by Crippen LogP contribution is 2.21. The van der Waals surface area contributed by atoms with Crippen molar-refractivity contribution in [2.24, 2.45) is 0 Å². The van der Waals surface area contributed by atoms with Gasteiger partial charge in [0.05, 0.1) is 18.7 Å². The number of carbonyl (C=O) groups is 2. The highest BCUT2D eigenvalue weighted by molar-refractivity contribution is 5.98. The SMILES string of the molecule is CCOc1ccccc1C(=O)NCC(=O)N1CCCC1Cc1ccccc1. The first-order valence-electron chi connectivity index (χ1n) is 9.52. The van der Waals surface area contributed by atoms with Crippen LogP contribution in [0.4, 0.5) is 0 Å². The molecule has 0 aliphatic carbocycles. The average Bonchev–Trinajstić information content (AvgIpc) is 3.15. The van der Waals surface area contributed by atoms with E-state index in [0.717, 1.165) is 25.8 Å². The quantitative estimate of drug-likeness (QED) is 0.819. The first-order valence-corrected chi connectivity index (χ1v) is 9.52. The van der Waals surface area contributed by atoms with Crippen molar-refractivity contribution in [2.75, 3.05) is 19.7 Å². The molecule has 1 heterocycles. The molecule has 1 fully saturated rings. The molecule has 0 saturated carbocycles. The Morgan fingerprint density at radius 2 is 1.85 bits per heavy atom. The topological polar surface area (TPSA) is 58.6 Å². The number of amides is 2. The Morgan fingerprint density at radius 3 is 2.63 bits per heavy atom. The molecule has 1 aliphatic rings. The Kier molecular flexibility index (Phi) is 6.47. The summed E-state index contributed by atoms with van der Waals surface area (Å²) in [6, 6.07) is 17.5. The molecule has 1 atom stereocenters. The van der Waals surface area contributed by atoms with Gasteiger partial charge in [-0.1, -0.05) is 42.5 Å². The summed E-state index contributed by atoms with van der Waals surface area (Å²) in [4.78, 5) is 27.0. The highest BCUT2D eigenvalue weighted by Gasteiger charge is 2.28. The summed E-state index contributed by atoms with van der Waals surface area (Å²) >= 11 is 0. The number of carbonyl (C=O) groups excluding carboxylic acids is 2. The Hall–Kier alpha value is -2.82. The summed E-state index contributed by atoms with van der Waals surface area (Å²) in [5.41, 5.74) is 1.69. The third-order valence-corrected chi connectivity index (χ3v) is 4.84. The first kappa shape index (κ1) is 19.0. The summed E-state index contributed by atoms with van der Waals surface area (Å²) in [5, 5.41) is 2.75. The smallest absolute Gasteiger partial charge is 0.255 e. The number of hydrogen-bond donors (Lipinski definition) is 1. The van der Waals surface area contributed by atoms with E-state index in [1.165, 1.54) is 5.56 Å². The summed E-state index contributed by atoms with van der Waals surface area (Å²) in [7, 11) is 0. The van der Waals surface area contributed by atoms with Gasteiger partial charge < -0.3 is 15.0 Å². The van der Waals surface area contributed by atoms with Crippen LogP contribution in [0.1, 0.15) is 35.7 Å². The second-order valence-corrected chi connectivity index (χ2v) is 6.68. The molecule has 0 radical (unpaired) electrons. The minimum atomic E-state index is -0.286. The fourth-order valence-electron chi connectivity index (χ4n) is 3.55. The third kappa shape index (κ3) is 4.88. The molecule has 2 aromatic carbocycles. The van der Waals surface area contributed by atoms with Crippen LogP contribution in [0.5, 0.6) is 5.75 Å². The van der Waals surface area contributed by atoms with Gasteiger partial charge in [-0.15, -0.1) is 0 Å². The van der Waals surface area contributed by atoms with Crippen molar-refractivity contribution in [2.45, 2.75) is 32.2 Å². The van der Waals surface area contributed by atoms with Gasteiger partial charge in [-0.05, 0) is 43.9 Å². The third-order valence-electron chi connectivity index (χ3n) is 4.84. The molecule has 0 bridgehead atoms. The van der Waals surface area contributed by atoms with Crippen LogP contribution in [0.15, 0.2) is 54.6 Å². The molecular formula is C22H26N2O3. The van der Waals surface area contributed by atoms with Gasteiger partial charge in [-0.25, -0.2) is 0 Å². The molecule has 0 aromatic heterocycles. The van der Waals surface area contributed by atoms with Crippen molar-refractivity contribution in [1.29, 1.82) is 0 Å². The van der Waals surface area contributed by atoms with Crippen molar-refractivity contribution < 1.29 is 14.3 Å². The van der Waals surface area contributed by atoms with Crippen molar-refractivity contribution in [3.8, 4) is 5.75 Å². The monoisotopic (exact) mass is 366 g/mol. The molecule has 1 aliphatic heterocycles. The standard InChI is InChI=1S/C22H26N2O3/c1-2-27-20-13-7-6-12-19(20)22(26)23-16-21(25)24-14-8-11-18(24)15-17-9-4-3-5-10-17/h3-7,9-10,12-13,18H,2,8,11,14-16H2,1H3,(H,23,26). The van der Waals surface area contributed by atoms with Gasteiger partial charge in [0, 0.05) is 12.6 Å². The molecule has 0 spiro atoms. The lowest BCUT2D eigenvalue weighted by molar-refractivity contribution is -0.130. The highest BCUT2D eigenvalue weighted by atomic mass is 16.5. The largest absolute Gasteiger partial charge is 0.493 e. The number of nitrogens with one attached hydrogen (secondary N) is 1. The summed E-state index contributed by atoms with van der Waals surface area (Å²) in [5.74, 6) is 0.218. The number of ether oxygens (including phenoxy) is 1. The molecule has 2 aromatic rings. The van der Waals surface area contributed by atoms with Crippen LogP contribution < -0.4 is 10.1 Å². The zero-order valence-electron chi connectivity index (χ0n) is 15.7. The van der Waals surface area contributed by atoms with Crippen LogP contribution in [-0.2, 0) is 11.2 Å². The van der Waals surface area contributed by atoms with E-state index in [0.29, 0.717) is 17.9 Å². The molecule has 1 saturated heterocycles. The number of hydrogen-bond acceptors (Lipinski definition) is 3. The van der Waals surface area contributed by atoms with E-state index in [1.54, 1.807) is 18.2 Å². The summed E-state index contributed by atoms with van der Waals surface area (Å²) < 4.78 is 5.49. The maximum atomic E-state index is 12.7. The van der Waals surface area contributed by atoms with E-state index in [9.17, 15) is 9.59 Å². The predicted molar refractivity (Wildman–Crippen MR) is 105 cm³/mol. The Labute approximate surface area is 160 Å². The van der Waals surface area contributed by atoms with Gasteiger partial charge in [-0.2, -0.15) is 0 Å². The molecule has 27 heavy (non-hydrogen) atoms. The number of para-hydroxylation sites is 1. The number of likely N-dealkylation sites (tertiary alicyclic amines) is 1. The second-order valence-electron chi connectivity index (χ2n) is 6.68. The summed E-state index contributed by atoms with van der Waals surface area (Å²) in [6.07, 6.45) is 2.86. The van der Waals surface area contributed by atoms with Gasteiger partial charge in [0.1, 0.15) is 5.75 Å². The van der Waals surface area contributed by atoms with Gasteiger partial charge in [0.2, 0.25) is 5.91 Å². The molecular weight excluding hydrogens is 340 g/mol. The van der Waals surface area contributed by atoms with Crippen LogP contribution in [-0.4, -0.2) is 42.5 Å². The summed E-state index contributed by atoms with van der Waals surface area (Å²) in [6.45, 7) is 3.11. The maximum absolute atomic E-state index is 12.7.